The van der Waals surface area contributed by atoms with Crippen molar-refractivity contribution < 1.29 is 4.42 Å². The van der Waals surface area contributed by atoms with Crippen LogP contribution in [0.2, 0.25) is 0 Å². The third-order valence-corrected chi connectivity index (χ3v) is 11.8. The molecule has 0 saturated heterocycles. The Morgan fingerprint density at radius 3 is 1.90 bits per heavy atom. The summed E-state index contributed by atoms with van der Waals surface area (Å²) in [5, 5.41) is 2.20. The van der Waals surface area contributed by atoms with E-state index in [9.17, 15) is 0 Å². The van der Waals surface area contributed by atoms with Crippen LogP contribution in [0.4, 0.5) is 0 Å². The van der Waals surface area contributed by atoms with E-state index in [2.05, 4.69) is 158 Å². The highest BCUT2D eigenvalue weighted by Gasteiger charge is 2.38. The number of fused-ring (bicyclic) bond motifs is 6. The number of hydrogen-bond donors (Lipinski definition) is 0. The van der Waals surface area contributed by atoms with E-state index < -0.39 is 0 Å². The summed E-state index contributed by atoms with van der Waals surface area (Å²) in [6, 6.07) is 62.1. The molecule has 58 heavy (non-hydrogen) atoms. The lowest BCUT2D eigenvalue weighted by molar-refractivity contribution is 0.660. The van der Waals surface area contributed by atoms with E-state index >= 15 is 0 Å². The lowest BCUT2D eigenvalue weighted by Gasteiger charge is -2.23. The molecule has 0 atom stereocenters. The fourth-order valence-electron chi connectivity index (χ4n) is 8.91. The fourth-order valence-corrected chi connectivity index (χ4v) is 8.91. The molecule has 0 N–H and O–H groups in total. The van der Waals surface area contributed by atoms with Crippen LogP contribution < -0.4 is 0 Å². The maximum absolute atomic E-state index is 6.22. The average Bonchev–Trinajstić information content (AvgIpc) is 3.78. The summed E-state index contributed by atoms with van der Waals surface area (Å²) >= 11 is 0. The molecule has 11 rings (SSSR count). The number of nitrogens with zero attached hydrogens (tertiary/aromatic N) is 3. The van der Waals surface area contributed by atoms with E-state index in [1.165, 1.54) is 22.3 Å². The van der Waals surface area contributed by atoms with Crippen LogP contribution in [0.15, 0.2) is 193 Å². The summed E-state index contributed by atoms with van der Waals surface area (Å²) in [6.07, 6.45) is 3.81. The largest absolute Gasteiger partial charge is 0.456 e. The molecule has 0 saturated carbocycles. The molecule has 4 heteroatoms. The van der Waals surface area contributed by atoms with Crippen molar-refractivity contribution >= 4 is 21.9 Å². The van der Waals surface area contributed by atoms with Crippen LogP contribution in [-0.2, 0) is 5.41 Å². The molecule has 7 aromatic carbocycles. The van der Waals surface area contributed by atoms with Gasteiger partial charge in [0.25, 0.3) is 0 Å². The zero-order valence-corrected chi connectivity index (χ0v) is 32.1. The van der Waals surface area contributed by atoms with Gasteiger partial charge in [-0.25, -0.2) is 9.97 Å². The van der Waals surface area contributed by atoms with E-state index in [-0.39, 0.29) is 5.41 Å². The molecule has 4 nitrogen and oxygen atoms in total. The summed E-state index contributed by atoms with van der Waals surface area (Å²) in [5.41, 5.74) is 18.1. The topological polar surface area (TPSA) is 51.8 Å². The van der Waals surface area contributed by atoms with Crippen LogP contribution in [0.3, 0.4) is 0 Å². The van der Waals surface area contributed by atoms with Gasteiger partial charge in [0, 0.05) is 56.4 Å². The smallest absolute Gasteiger partial charge is 0.160 e. The number of pyridine rings is 1. The van der Waals surface area contributed by atoms with Gasteiger partial charge in [0.15, 0.2) is 5.82 Å². The van der Waals surface area contributed by atoms with Crippen LogP contribution >= 0.6 is 0 Å². The Labute approximate surface area is 337 Å². The van der Waals surface area contributed by atoms with Gasteiger partial charge in [0.05, 0.1) is 11.4 Å². The maximum Gasteiger partial charge on any atom is 0.160 e. The van der Waals surface area contributed by atoms with E-state index in [0.717, 1.165) is 83.4 Å². The Morgan fingerprint density at radius 1 is 0.414 bits per heavy atom. The predicted molar refractivity (Wildman–Crippen MR) is 237 cm³/mol. The Kier molecular flexibility index (Phi) is 7.80. The SMILES string of the molecule is CC1(C)c2ccccc2-c2c1ccc(-c1cc(-c3cc(-c4ccccc4)cc(-c4ccc5oc6ccccc6c5c4)c3)nc(-c3ccccc3)n1)c2-c1cccnc1. The lowest BCUT2D eigenvalue weighted by atomic mass is 9.81. The number of rotatable bonds is 6. The monoisotopic (exact) mass is 743 g/mol. The second-order valence-electron chi connectivity index (χ2n) is 15.6. The van der Waals surface area contributed by atoms with Crippen molar-refractivity contribution in [3.63, 3.8) is 0 Å². The minimum Gasteiger partial charge on any atom is -0.456 e. The Morgan fingerprint density at radius 2 is 1.09 bits per heavy atom. The second-order valence-corrected chi connectivity index (χ2v) is 15.6. The van der Waals surface area contributed by atoms with Crippen LogP contribution in [0.25, 0.3) is 100 Å². The van der Waals surface area contributed by atoms with Gasteiger partial charge >= 0.3 is 0 Å². The molecule has 0 bridgehead atoms. The molecule has 274 valence electrons. The van der Waals surface area contributed by atoms with Crippen molar-refractivity contribution in [1.82, 2.24) is 15.0 Å². The third kappa shape index (κ3) is 5.56. The molecule has 3 heterocycles. The first-order valence-electron chi connectivity index (χ1n) is 19.7. The zero-order chi connectivity index (χ0) is 38.8. The van der Waals surface area contributed by atoms with E-state index in [1.54, 1.807) is 0 Å². The summed E-state index contributed by atoms with van der Waals surface area (Å²) in [7, 11) is 0. The molecule has 10 aromatic rings. The molecular weight excluding hydrogens is 707 g/mol. The maximum atomic E-state index is 6.22. The highest BCUT2D eigenvalue weighted by molar-refractivity contribution is 6.06. The van der Waals surface area contributed by atoms with E-state index in [1.807, 2.05) is 48.8 Å². The molecule has 0 unspecified atom stereocenters. The van der Waals surface area contributed by atoms with Gasteiger partial charge < -0.3 is 4.42 Å². The van der Waals surface area contributed by atoms with Gasteiger partial charge in [-0.3, -0.25) is 4.98 Å². The fraction of sp³-hybridized carbons (Fsp3) is 0.0556. The van der Waals surface area contributed by atoms with Gasteiger partial charge in [0.1, 0.15) is 11.2 Å². The van der Waals surface area contributed by atoms with Crippen molar-refractivity contribution in [3.05, 3.63) is 199 Å². The summed E-state index contributed by atoms with van der Waals surface area (Å²) < 4.78 is 6.22. The van der Waals surface area contributed by atoms with Crippen LogP contribution in [0.5, 0.6) is 0 Å². The van der Waals surface area contributed by atoms with E-state index in [0.29, 0.717) is 5.82 Å². The first kappa shape index (κ1) is 33.9. The van der Waals surface area contributed by atoms with Crippen LogP contribution in [-0.4, -0.2) is 15.0 Å². The normalized spacial score (nSPS) is 12.8. The molecule has 1 aliphatic rings. The number of benzene rings is 7. The highest BCUT2D eigenvalue weighted by atomic mass is 16.3. The molecule has 1 aliphatic carbocycles. The van der Waals surface area contributed by atoms with Gasteiger partial charge in [-0.05, 0) is 93.0 Å². The van der Waals surface area contributed by atoms with Crippen LogP contribution in [0.1, 0.15) is 25.0 Å². The van der Waals surface area contributed by atoms with Crippen molar-refractivity contribution in [2.45, 2.75) is 19.3 Å². The van der Waals surface area contributed by atoms with Crippen molar-refractivity contribution in [2.24, 2.45) is 0 Å². The van der Waals surface area contributed by atoms with Crippen molar-refractivity contribution in [1.29, 1.82) is 0 Å². The minimum absolute atomic E-state index is 0.159. The zero-order valence-electron chi connectivity index (χ0n) is 32.1. The Hall–Kier alpha value is -7.43. The molecule has 0 amide bonds. The van der Waals surface area contributed by atoms with Gasteiger partial charge in [0.2, 0.25) is 0 Å². The van der Waals surface area contributed by atoms with E-state index in [4.69, 9.17) is 14.4 Å². The first-order chi connectivity index (χ1) is 28.5. The summed E-state index contributed by atoms with van der Waals surface area (Å²) in [6.45, 7) is 4.65. The summed E-state index contributed by atoms with van der Waals surface area (Å²) in [4.78, 5) is 15.3. The molecule has 0 fully saturated rings. The first-order valence-corrected chi connectivity index (χ1v) is 19.7. The number of furan rings is 1. The molecule has 0 aliphatic heterocycles. The Bertz CT molecular complexity index is 3180. The predicted octanol–water partition coefficient (Wildman–Crippen LogP) is 14.1. The van der Waals surface area contributed by atoms with Crippen molar-refractivity contribution in [3.8, 4) is 78.4 Å². The van der Waals surface area contributed by atoms with Crippen molar-refractivity contribution in [2.75, 3.05) is 0 Å². The molecular formula is C54H37N3O. The van der Waals surface area contributed by atoms with Gasteiger partial charge in [-0.1, -0.05) is 141 Å². The average molecular weight is 744 g/mol. The highest BCUT2D eigenvalue weighted by Crippen LogP contribution is 2.54. The standard InChI is InChI=1S/C54H37N3O/c1-54(2)45-21-11-9-20-42(45)52-46(54)25-24-43(51(52)37-18-13-27-55-33-37)48-32-47(56-53(57-48)35-16-7-4-8-17-35)40-29-38(34-14-5-3-6-15-34)28-39(30-40)36-23-26-50-44(31-36)41-19-10-12-22-49(41)58-50/h3-33H,1-2H3. The van der Waals surface area contributed by atoms with Gasteiger partial charge in [-0.15, -0.1) is 0 Å². The number of para-hydroxylation sites is 1. The lowest BCUT2D eigenvalue weighted by Crippen LogP contribution is -2.14. The minimum atomic E-state index is -0.159. The molecule has 3 aromatic heterocycles. The Balaban J connectivity index is 1.17. The summed E-state index contributed by atoms with van der Waals surface area (Å²) in [5.74, 6) is 0.671. The number of aromatic nitrogens is 3. The van der Waals surface area contributed by atoms with Gasteiger partial charge in [-0.2, -0.15) is 0 Å². The molecule has 0 spiro atoms. The second kappa shape index (κ2) is 13.4. The van der Waals surface area contributed by atoms with Crippen LogP contribution in [0, 0.1) is 0 Å². The quantitative estimate of drug-likeness (QED) is 0.170. The molecule has 0 radical (unpaired) electrons. The number of hydrogen-bond acceptors (Lipinski definition) is 4. The third-order valence-electron chi connectivity index (χ3n) is 11.8.